The maximum absolute atomic E-state index is 11.1. The minimum atomic E-state index is -0.0149. The van der Waals surface area contributed by atoms with E-state index in [1.54, 1.807) is 0 Å². The van der Waals surface area contributed by atoms with E-state index in [1.165, 1.54) is 24.6 Å². The fourth-order valence-corrected chi connectivity index (χ4v) is 4.56. The van der Waals surface area contributed by atoms with E-state index < -0.39 is 0 Å². The number of carbonyl (C=O) groups is 1. The van der Waals surface area contributed by atoms with Crippen LogP contribution in [0.25, 0.3) is 0 Å². The van der Waals surface area contributed by atoms with Gasteiger partial charge >= 0.3 is 0 Å². The third-order valence-electron chi connectivity index (χ3n) is 6.41. The second kappa shape index (κ2) is 10.7. The maximum Gasteiger partial charge on any atom is 0.217 e. The molecular weight excluding hydrogens is 398 g/mol. The number of carbonyl (C=O) groups excluding carboxylic acids is 1. The third kappa shape index (κ3) is 6.35. The van der Waals surface area contributed by atoms with Gasteiger partial charge in [-0.1, -0.05) is 36.8 Å². The van der Waals surface area contributed by atoms with Crippen LogP contribution < -0.4 is 15.0 Å². The summed E-state index contributed by atoms with van der Waals surface area (Å²) in [5.41, 5.74) is 3.72. The van der Waals surface area contributed by atoms with Crippen molar-refractivity contribution in [2.75, 3.05) is 18.0 Å². The van der Waals surface area contributed by atoms with Crippen molar-refractivity contribution in [3.8, 4) is 5.75 Å². The highest BCUT2D eigenvalue weighted by atomic mass is 16.5. The van der Waals surface area contributed by atoms with Crippen LogP contribution in [0.2, 0.25) is 0 Å². The average molecular weight is 434 g/mol. The number of nitrogens with zero attached hydrogens (tertiary/aromatic N) is 2. The van der Waals surface area contributed by atoms with Gasteiger partial charge in [-0.2, -0.15) is 0 Å². The predicted molar refractivity (Wildman–Crippen MR) is 129 cm³/mol. The van der Waals surface area contributed by atoms with Gasteiger partial charge in [-0.05, 0) is 61.4 Å². The summed E-state index contributed by atoms with van der Waals surface area (Å²) in [6, 6.07) is 14.5. The molecule has 2 heterocycles. The van der Waals surface area contributed by atoms with E-state index in [2.05, 4.69) is 41.4 Å². The molecule has 170 valence electrons. The van der Waals surface area contributed by atoms with E-state index in [9.17, 15) is 4.79 Å². The number of nitrogens with one attached hydrogen (secondary N) is 1. The first-order chi connectivity index (χ1) is 15.5. The summed E-state index contributed by atoms with van der Waals surface area (Å²) >= 11 is 0. The molecule has 1 saturated heterocycles. The lowest BCUT2D eigenvalue weighted by atomic mass is 10.0. The van der Waals surface area contributed by atoms with Crippen LogP contribution in [0.15, 0.2) is 54.1 Å². The summed E-state index contributed by atoms with van der Waals surface area (Å²) in [7, 11) is 0. The number of hydrogen-bond donors (Lipinski definition) is 1. The van der Waals surface area contributed by atoms with Crippen LogP contribution in [-0.4, -0.2) is 30.1 Å². The molecule has 0 saturated carbocycles. The Morgan fingerprint density at radius 1 is 1.19 bits per heavy atom. The van der Waals surface area contributed by atoms with Crippen molar-refractivity contribution < 1.29 is 9.53 Å². The molecule has 1 amide bonds. The first kappa shape index (κ1) is 22.4. The summed E-state index contributed by atoms with van der Waals surface area (Å²) in [5, 5.41) is 2.82. The van der Waals surface area contributed by atoms with E-state index in [4.69, 9.17) is 9.72 Å². The SMILES string of the molecule is CC(=O)NCc1ccc(OC2CC=C(Cc3cccc(N4CCC(C)C4)n3)CCC2)cc1. The number of hydrogen-bond acceptors (Lipinski definition) is 4. The zero-order valence-corrected chi connectivity index (χ0v) is 19.3. The van der Waals surface area contributed by atoms with Gasteiger partial charge in [0.05, 0.1) is 0 Å². The lowest BCUT2D eigenvalue weighted by molar-refractivity contribution is -0.119. The summed E-state index contributed by atoms with van der Waals surface area (Å²) < 4.78 is 6.26. The van der Waals surface area contributed by atoms with Gasteiger partial charge < -0.3 is 15.0 Å². The van der Waals surface area contributed by atoms with Crippen molar-refractivity contribution in [3.63, 3.8) is 0 Å². The molecule has 2 aliphatic rings. The summed E-state index contributed by atoms with van der Waals surface area (Å²) in [6.45, 7) is 6.64. The monoisotopic (exact) mass is 433 g/mol. The van der Waals surface area contributed by atoms with Crippen LogP contribution in [0.1, 0.15) is 57.2 Å². The Labute approximate surface area is 191 Å². The highest BCUT2D eigenvalue weighted by molar-refractivity contribution is 5.72. The van der Waals surface area contributed by atoms with Gasteiger partial charge in [-0.3, -0.25) is 4.79 Å². The van der Waals surface area contributed by atoms with E-state index in [0.717, 1.165) is 68.2 Å². The minimum absolute atomic E-state index is 0.0149. The summed E-state index contributed by atoms with van der Waals surface area (Å²) in [6.07, 6.45) is 9.02. The average Bonchev–Trinajstić information content (AvgIpc) is 3.11. The van der Waals surface area contributed by atoms with Crippen LogP contribution in [0.5, 0.6) is 5.75 Å². The largest absolute Gasteiger partial charge is 0.490 e. The number of pyridine rings is 1. The number of allylic oxidation sites excluding steroid dienone is 1. The van der Waals surface area contributed by atoms with E-state index in [0.29, 0.717) is 6.54 Å². The molecule has 5 nitrogen and oxygen atoms in total. The molecule has 32 heavy (non-hydrogen) atoms. The molecule has 4 rings (SSSR count). The van der Waals surface area contributed by atoms with E-state index >= 15 is 0 Å². The molecule has 0 bridgehead atoms. The fourth-order valence-electron chi connectivity index (χ4n) is 4.56. The van der Waals surface area contributed by atoms with Gasteiger partial charge in [-0.25, -0.2) is 4.98 Å². The first-order valence-electron chi connectivity index (χ1n) is 11.9. The Hall–Kier alpha value is -2.82. The van der Waals surface area contributed by atoms with Crippen molar-refractivity contribution >= 4 is 11.7 Å². The molecule has 1 aromatic heterocycles. The number of benzene rings is 1. The Kier molecular flexibility index (Phi) is 7.46. The molecule has 1 fully saturated rings. The Bertz CT molecular complexity index is 938. The second-order valence-electron chi connectivity index (χ2n) is 9.29. The topological polar surface area (TPSA) is 54.5 Å². The molecule has 1 aliphatic heterocycles. The van der Waals surface area contributed by atoms with Crippen LogP contribution in [0.3, 0.4) is 0 Å². The number of aromatic nitrogens is 1. The molecule has 0 spiro atoms. The van der Waals surface area contributed by atoms with Crippen molar-refractivity contribution in [1.29, 1.82) is 0 Å². The number of amides is 1. The van der Waals surface area contributed by atoms with Crippen molar-refractivity contribution in [3.05, 3.63) is 65.4 Å². The molecule has 1 aliphatic carbocycles. The van der Waals surface area contributed by atoms with Crippen molar-refractivity contribution in [2.45, 2.75) is 65.0 Å². The summed E-state index contributed by atoms with van der Waals surface area (Å²) in [5.74, 6) is 2.77. The van der Waals surface area contributed by atoms with Crippen molar-refractivity contribution in [1.82, 2.24) is 10.3 Å². The van der Waals surface area contributed by atoms with Gasteiger partial charge in [0.25, 0.3) is 0 Å². The predicted octanol–water partition coefficient (Wildman–Crippen LogP) is 5.05. The van der Waals surface area contributed by atoms with Crippen LogP contribution in [0, 0.1) is 5.92 Å². The number of ether oxygens (including phenoxy) is 1. The van der Waals surface area contributed by atoms with E-state index in [1.807, 2.05) is 24.3 Å². The Balaban J connectivity index is 1.31. The zero-order chi connectivity index (χ0) is 22.3. The standard InChI is InChI=1S/C27H35N3O2/c1-20-15-16-30(19-20)27-8-4-6-24(29-27)17-22-5-3-7-25(12-9-22)32-26-13-10-23(11-14-26)18-28-21(2)31/h4,6,8-11,13-14,20,25H,3,5,7,12,15-19H2,1-2H3,(H,28,31). The molecule has 0 radical (unpaired) electrons. The molecular formula is C27H35N3O2. The normalized spacial score (nSPS) is 21.1. The molecule has 1 aromatic carbocycles. The summed E-state index contributed by atoms with van der Waals surface area (Å²) in [4.78, 5) is 18.4. The number of rotatable bonds is 7. The first-order valence-corrected chi connectivity index (χ1v) is 11.9. The van der Waals surface area contributed by atoms with Crippen LogP contribution in [-0.2, 0) is 17.8 Å². The Morgan fingerprint density at radius 2 is 2.03 bits per heavy atom. The lowest BCUT2D eigenvalue weighted by Crippen LogP contribution is -2.20. The fraction of sp³-hybridized carbons (Fsp3) is 0.481. The molecule has 5 heteroatoms. The van der Waals surface area contributed by atoms with E-state index in [-0.39, 0.29) is 12.0 Å². The Morgan fingerprint density at radius 3 is 2.78 bits per heavy atom. The third-order valence-corrected chi connectivity index (χ3v) is 6.41. The molecule has 2 aromatic rings. The van der Waals surface area contributed by atoms with Gasteiger partial charge in [0.2, 0.25) is 5.91 Å². The molecule has 2 atom stereocenters. The van der Waals surface area contributed by atoms with Crippen LogP contribution in [0.4, 0.5) is 5.82 Å². The zero-order valence-electron chi connectivity index (χ0n) is 19.3. The van der Waals surface area contributed by atoms with Gasteiger partial charge in [0.15, 0.2) is 0 Å². The van der Waals surface area contributed by atoms with Crippen LogP contribution >= 0.6 is 0 Å². The highest BCUT2D eigenvalue weighted by Gasteiger charge is 2.20. The van der Waals surface area contributed by atoms with Gasteiger partial charge in [-0.15, -0.1) is 0 Å². The minimum Gasteiger partial charge on any atom is -0.490 e. The molecule has 2 unspecified atom stereocenters. The lowest BCUT2D eigenvalue weighted by Gasteiger charge is -2.18. The van der Waals surface area contributed by atoms with Gasteiger partial charge in [0.1, 0.15) is 17.7 Å². The van der Waals surface area contributed by atoms with Gasteiger partial charge in [0, 0.05) is 45.1 Å². The second-order valence-corrected chi connectivity index (χ2v) is 9.29. The van der Waals surface area contributed by atoms with Crippen molar-refractivity contribution in [2.24, 2.45) is 5.92 Å². The number of anilines is 1. The maximum atomic E-state index is 11.1. The quantitative estimate of drug-likeness (QED) is 0.621. The highest BCUT2D eigenvalue weighted by Crippen LogP contribution is 2.26. The smallest absolute Gasteiger partial charge is 0.217 e. The molecule has 1 N–H and O–H groups in total.